The van der Waals surface area contributed by atoms with Crippen molar-refractivity contribution in [3.63, 3.8) is 0 Å². The Morgan fingerprint density at radius 2 is 1.54 bits per heavy atom. The highest BCUT2D eigenvalue weighted by Crippen LogP contribution is 1.88. The van der Waals surface area contributed by atoms with Crippen LogP contribution in [0.25, 0.3) is 0 Å². The summed E-state index contributed by atoms with van der Waals surface area (Å²) < 4.78 is 4.41. The lowest BCUT2D eigenvalue weighted by molar-refractivity contribution is -0.150. The standard InChI is InChI=1S/C5H10O4.C2H4O2/c1-4(8)9-5(2-6)3-7;1-2(3)4/h5-7H,2-3H2,1H3;1H3,(H,3,4). The second-order valence-corrected chi connectivity index (χ2v) is 2.12. The van der Waals surface area contributed by atoms with E-state index in [9.17, 15) is 4.79 Å². The van der Waals surface area contributed by atoms with E-state index in [1.54, 1.807) is 0 Å². The second kappa shape index (κ2) is 8.95. The van der Waals surface area contributed by atoms with Gasteiger partial charge in [0.15, 0.2) is 0 Å². The number of hydrogen-bond donors (Lipinski definition) is 3. The molecular formula is C7H14O6. The van der Waals surface area contributed by atoms with Crippen LogP contribution in [-0.2, 0) is 14.3 Å². The SMILES string of the molecule is CC(=O)O.CC(=O)OC(CO)CO. The Labute approximate surface area is 75.8 Å². The van der Waals surface area contributed by atoms with E-state index < -0.39 is 18.0 Å². The van der Waals surface area contributed by atoms with E-state index in [-0.39, 0.29) is 13.2 Å². The van der Waals surface area contributed by atoms with Crippen molar-refractivity contribution in [2.45, 2.75) is 20.0 Å². The van der Waals surface area contributed by atoms with Gasteiger partial charge in [0.1, 0.15) is 6.10 Å². The van der Waals surface area contributed by atoms with Crippen molar-refractivity contribution in [1.29, 1.82) is 0 Å². The summed E-state index contributed by atoms with van der Waals surface area (Å²) in [5.41, 5.74) is 0. The number of rotatable bonds is 3. The highest BCUT2D eigenvalue weighted by atomic mass is 16.6. The van der Waals surface area contributed by atoms with Crippen LogP contribution in [0.5, 0.6) is 0 Å². The Bertz CT molecular complexity index is 147. The van der Waals surface area contributed by atoms with E-state index in [4.69, 9.17) is 20.1 Å². The third kappa shape index (κ3) is 18.1. The quantitative estimate of drug-likeness (QED) is 0.497. The highest BCUT2D eigenvalue weighted by molar-refractivity contribution is 5.66. The molecule has 0 aromatic carbocycles. The van der Waals surface area contributed by atoms with Gasteiger partial charge in [-0.1, -0.05) is 0 Å². The number of carboxylic acids is 1. The second-order valence-electron chi connectivity index (χ2n) is 2.12. The minimum atomic E-state index is -0.833. The lowest BCUT2D eigenvalue weighted by Gasteiger charge is -2.09. The van der Waals surface area contributed by atoms with Gasteiger partial charge in [0.25, 0.3) is 5.97 Å². The zero-order valence-corrected chi connectivity index (χ0v) is 7.56. The van der Waals surface area contributed by atoms with Gasteiger partial charge < -0.3 is 20.1 Å². The molecule has 78 valence electrons. The predicted molar refractivity (Wildman–Crippen MR) is 43.0 cm³/mol. The molecule has 0 aliphatic rings. The van der Waals surface area contributed by atoms with Crippen molar-refractivity contribution < 1.29 is 29.6 Å². The summed E-state index contributed by atoms with van der Waals surface area (Å²) in [5, 5.41) is 24.1. The topological polar surface area (TPSA) is 104 Å². The summed E-state index contributed by atoms with van der Waals surface area (Å²) in [6.07, 6.45) is -0.762. The van der Waals surface area contributed by atoms with Gasteiger partial charge in [-0.3, -0.25) is 9.59 Å². The predicted octanol–water partition coefficient (Wildman–Crippen LogP) is -1.01. The van der Waals surface area contributed by atoms with Crippen LogP contribution in [0.3, 0.4) is 0 Å². The van der Waals surface area contributed by atoms with Gasteiger partial charge in [-0.05, 0) is 0 Å². The monoisotopic (exact) mass is 194 g/mol. The van der Waals surface area contributed by atoms with Crippen LogP contribution in [0.2, 0.25) is 0 Å². The highest BCUT2D eigenvalue weighted by Gasteiger charge is 2.06. The lowest BCUT2D eigenvalue weighted by Crippen LogP contribution is -2.24. The largest absolute Gasteiger partial charge is 0.481 e. The maximum atomic E-state index is 10.1. The van der Waals surface area contributed by atoms with E-state index in [0.29, 0.717) is 0 Å². The third-order valence-electron chi connectivity index (χ3n) is 0.740. The van der Waals surface area contributed by atoms with E-state index in [1.807, 2.05) is 0 Å². The molecule has 0 unspecified atom stereocenters. The van der Waals surface area contributed by atoms with E-state index in [1.165, 1.54) is 6.92 Å². The number of esters is 1. The average molecular weight is 194 g/mol. The molecule has 0 heterocycles. The van der Waals surface area contributed by atoms with Crippen LogP contribution in [0.4, 0.5) is 0 Å². The zero-order chi connectivity index (χ0) is 10.9. The molecule has 0 spiro atoms. The van der Waals surface area contributed by atoms with Crippen molar-refractivity contribution in [2.24, 2.45) is 0 Å². The Morgan fingerprint density at radius 3 is 1.62 bits per heavy atom. The van der Waals surface area contributed by atoms with Crippen molar-refractivity contribution in [3.05, 3.63) is 0 Å². The average Bonchev–Trinajstić information content (AvgIpc) is 1.98. The number of carbonyl (C=O) groups excluding carboxylic acids is 1. The summed E-state index contributed by atoms with van der Waals surface area (Å²) in [7, 11) is 0. The molecule has 0 bridgehead atoms. The molecule has 3 N–H and O–H groups in total. The Morgan fingerprint density at radius 1 is 1.23 bits per heavy atom. The number of carbonyl (C=O) groups is 2. The minimum Gasteiger partial charge on any atom is -0.481 e. The molecule has 0 saturated heterocycles. The lowest BCUT2D eigenvalue weighted by atomic mass is 10.4. The van der Waals surface area contributed by atoms with Crippen LogP contribution in [0.15, 0.2) is 0 Å². The molecule has 0 rings (SSSR count). The number of aliphatic carboxylic acids is 1. The molecule has 0 fully saturated rings. The van der Waals surface area contributed by atoms with Gasteiger partial charge in [0, 0.05) is 13.8 Å². The summed E-state index contributed by atoms with van der Waals surface area (Å²) in [6, 6.07) is 0. The normalized spacial score (nSPS) is 8.69. The zero-order valence-electron chi connectivity index (χ0n) is 7.56. The van der Waals surface area contributed by atoms with E-state index in [2.05, 4.69) is 4.74 Å². The summed E-state index contributed by atoms with van der Waals surface area (Å²) in [4.78, 5) is 19.1. The van der Waals surface area contributed by atoms with Gasteiger partial charge in [-0.15, -0.1) is 0 Å². The first-order valence-electron chi connectivity index (χ1n) is 3.52. The molecule has 0 aromatic heterocycles. The van der Waals surface area contributed by atoms with Crippen LogP contribution in [0.1, 0.15) is 13.8 Å². The molecule has 0 saturated carbocycles. The molecule has 0 aliphatic heterocycles. The molecule has 0 atom stereocenters. The van der Waals surface area contributed by atoms with Crippen LogP contribution >= 0.6 is 0 Å². The number of ether oxygens (including phenoxy) is 1. The Balaban J connectivity index is 0. The van der Waals surface area contributed by atoms with Crippen LogP contribution in [-0.4, -0.2) is 46.6 Å². The smallest absolute Gasteiger partial charge is 0.303 e. The maximum absolute atomic E-state index is 10.1. The van der Waals surface area contributed by atoms with Crippen LogP contribution in [0, 0.1) is 0 Å². The molecule has 13 heavy (non-hydrogen) atoms. The minimum absolute atomic E-state index is 0.337. The van der Waals surface area contributed by atoms with Gasteiger partial charge >= 0.3 is 5.97 Å². The van der Waals surface area contributed by atoms with E-state index in [0.717, 1.165) is 6.92 Å². The molecular weight excluding hydrogens is 180 g/mol. The Hall–Kier alpha value is -1.14. The first-order valence-corrected chi connectivity index (χ1v) is 3.52. The number of hydrogen-bond acceptors (Lipinski definition) is 5. The maximum Gasteiger partial charge on any atom is 0.303 e. The van der Waals surface area contributed by atoms with Gasteiger partial charge in [-0.25, -0.2) is 0 Å². The molecule has 0 radical (unpaired) electrons. The summed E-state index contributed by atoms with van der Waals surface area (Å²) in [5.74, 6) is -1.33. The fraction of sp³-hybridized carbons (Fsp3) is 0.714. The fourth-order valence-corrected chi connectivity index (χ4v) is 0.367. The number of aliphatic hydroxyl groups excluding tert-OH is 2. The van der Waals surface area contributed by atoms with Gasteiger partial charge in [0.2, 0.25) is 0 Å². The molecule has 0 amide bonds. The summed E-state index contributed by atoms with van der Waals surface area (Å²) >= 11 is 0. The van der Waals surface area contributed by atoms with Gasteiger partial charge in [-0.2, -0.15) is 0 Å². The molecule has 6 heteroatoms. The van der Waals surface area contributed by atoms with Crippen LogP contribution < -0.4 is 0 Å². The van der Waals surface area contributed by atoms with E-state index >= 15 is 0 Å². The van der Waals surface area contributed by atoms with Crippen molar-refractivity contribution in [1.82, 2.24) is 0 Å². The summed E-state index contributed by atoms with van der Waals surface area (Å²) in [6.45, 7) is 1.63. The molecule has 0 aromatic rings. The first-order chi connectivity index (χ1) is 5.93. The fourth-order valence-electron chi connectivity index (χ4n) is 0.367. The number of aliphatic hydroxyl groups is 2. The van der Waals surface area contributed by atoms with Crippen molar-refractivity contribution in [2.75, 3.05) is 13.2 Å². The first kappa shape index (κ1) is 14.4. The Kier molecular flexibility index (Phi) is 9.91. The number of carboxylic acid groups (broad SMARTS) is 1. The van der Waals surface area contributed by atoms with Gasteiger partial charge in [0.05, 0.1) is 13.2 Å². The molecule has 6 nitrogen and oxygen atoms in total. The molecule has 0 aliphatic carbocycles. The third-order valence-corrected chi connectivity index (χ3v) is 0.740. The van der Waals surface area contributed by atoms with Crippen molar-refractivity contribution in [3.8, 4) is 0 Å². The van der Waals surface area contributed by atoms with Crippen molar-refractivity contribution >= 4 is 11.9 Å².